The Balaban J connectivity index is 1.60. The van der Waals surface area contributed by atoms with Crippen molar-refractivity contribution in [3.63, 3.8) is 0 Å². The van der Waals surface area contributed by atoms with Crippen LogP contribution in [0.1, 0.15) is 11.3 Å². The predicted molar refractivity (Wildman–Crippen MR) is 108 cm³/mol. The first-order valence-corrected chi connectivity index (χ1v) is 8.80. The molecule has 6 heteroatoms. The fourth-order valence-corrected chi connectivity index (χ4v) is 2.64. The molecule has 0 saturated heterocycles. The average molecular weight is 364 g/mol. The van der Waals surface area contributed by atoms with Gasteiger partial charge in [0, 0.05) is 24.0 Å². The van der Waals surface area contributed by atoms with Crippen LogP contribution in [-0.4, -0.2) is 30.7 Å². The Kier molecular flexibility index (Phi) is 6.10. The highest BCUT2D eigenvalue weighted by Gasteiger charge is 2.04. The van der Waals surface area contributed by atoms with Crippen LogP contribution in [0.4, 0.5) is 17.5 Å². The molecule has 0 bridgehead atoms. The van der Waals surface area contributed by atoms with Gasteiger partial charge in [0.1, 0.15) is 17.3 Å². The van der Waals surface area contributed by atoms with Gasteiger partial charge in [-0.1, -0.05) is 12.1 Å². The van der Waals surface area contributed by atoms with Crippen molar-refractivity contribution >= 4 is 17.5 Å². The summed E-state index contributed by atoms with van der Waals surface area (Å²) in [7, 11) is 3.32. The van der Waals surface area contributed by atoms with Gasteiger partial charge in [0.25, 0.3) is 0 Å². The number of hydrogen-bond acceptors (Lipinski definition) is 6. The molecule has 140 valence electrons. The summed E-state index contributed by atoms with van der Waals surface area (Å²) >= 11 is 0. The van der Waals surface area contributed by atoms with Crippen molar-refractivity contribution in [2.24, 2.45) is 0 Å². The maximum absolute atomic E-state index is 5.18. The lowest BCUT2D eigenvalue weighted by atomic mass is 10.1. The number of ether oxygens (including phenoxy) is 2. The van der Waals surface area contributed by atoms with E-state index in [0.29, 0.717) is 5.95 Å². The molecule has 1 heterocycles. The minimum absolute atomic E-state index is 0.611. The molecule has 0 unspecified atom stereocenters. The Labute approximate surface area is 159 Å². The zero-order valence-corrected chi connectivity index (χ0v) is 15.8. The monoisotopic (exact) mass is 364 g/mol. The normalized spacial score (nSPS) is 10.3. The first-order valence-electron chi connectivity index (χ1n) is 8.80. The molecule has 3 rings (SSSR count). The molecule has 0 spiro atoms. The van der Waals surface area contributed by atoms with Crippen LogP contribution in [0, 0.1) is 6.92 Å². The first kappa shape index (κ1) is 18.5. The summed E-state index contributed by atoms with van der Waals surface area (Å²) in [5.74, 6) is 3.04. The lowest BCUT2D eigenvalue weighted by Crippen LogP contribution is -2.09. The zero-order chi connectivity index (χ0) is 19.1. The van der Waals surface area contributed by atoms with E-state index in [1.54, 1.807) is 14.2 Å². The molecule has 0 radical (unpaired) electrons. The van der Waals surface area contributed by atoms with E-state index in [2.05, 4.69) is 32.7 Å². The van der Waals surface area contributed by atoms with Crippen LogP contribution in [0.3, 0.4) is 0 Å². The fourth-order valence-electron chi connectivity index (χ4n) is 2.64. The minimum Gasteiger partial charge on any atom is -0.497 e. The summed E-state index contributed by atoms with van der Waals surface area (Å²) in [6.45, 7) is 2.70. The van der Waals surface area contributed by atoms with E-state index in [4.69, 9.17) is 9.47 Å². The Morgan fingerprint density at radius 2 is 1.48 bits per heavy atom. The minimum atomic E-state index is 0.611. The molecule has 0 aliphatic heterocycles. The van der Waals surface area contributed by atoms with E-state index in [1.807, 2.05) is 49.4 Å². The summed E-state index contributed by atoms with van der Waals surface area (Å²) < 4.78 is 10.4. The van der Waals surface area contributed by atoms with Crippen molar-refractivity contribution in [2.75, 3.05) is 31.4 Å². The van der Waals surface area contributed by atoms with Gasteiger partial charge in [-0.3, -0.25) is 0 Å². The van der Waals surface area contributed by atoms with Crippen molar-refractivity contribution in [3.05, 3.63) is 65.9 Å². The molecule has 0 aliphatic rings. The maximum Gasteiger partial charge on any atom is 0.224 e. The fraction of sp³-hybridized carbons (Fsp3) is 0.238. The second-order valence-corrected chi connectivity index (χ2v) is 6.10. The van der Waals surface area contributed by atoms with Gasteiger partial charge in [-0.15, -0.1) is 0 Å². The topological polar surface area (TPSA) is 68.3 Å². The molecule has 27 heavy (non-hydrogen) atoms. The Morgan fingerprint density at radius 3 is 2.11 bits per heavy atom. The summed E-state index contributed by atoms with van der Waals surface area (Å²) in [6.07, 6.45) is 0.878. The van der Waals surface area contributed by atoms with Crippen LogP contribution < -0.4 is 20.1 Å². The van der Waals surface area contributed by atoms with Crippen LogP contribution in [-0.2, 0) is 6.42 Å². The number of aromatic nitrogens is 2. The van der Waals surface area contributed by atoms with E-state index in [9.17, 15) is 0 Å². The van der Waals surface area contributed by atoms with E-state index in [-0.39, 0.29) is 0 Å². The second-order valence-electron chi connectivity index (χ2n) is 6.10. The molecular weight excluding hydrogens is 340 g/mol. The average Bonchev–Trinajstić information content (AvgIpc) is 2.69. The summed E-state index contributed by atoms with van der Waals surface area (Å²) in [5, 5.41) is 6.59. The molecule has 2 aromatic carbocycles. The van der Waals surface area contributed by atoms with Gasteiger partial charge in [0.05, 0.1) is 14.2 Å². The number of hydrogen-bond donors (Lipinski definition) is 2. The van der Waals surface area contributed by atoms with Crippen molar-refractivity contribution < 1.29 is 9.47 Å². The zero-order valence-electron chi connectivity index (χ0n) is 15.8. The Morgan fingerprint density at radius 1 is 0.852 bits per heavy atom. The van der Waals surface area contributed by atoms with E-state index in [0.717, 1.165) is 41.7 Å². The second kappa shape index (κ2) is 8.89. The van der Waals surface area contributed by atoms with Crippen LogP contribution >= 0.6 is 0 Å². The number of nitrogens with zero attached hydrogens (tertiary/aromatic N) is 2. The van der Waals surface area contributed by atoms with Gasteiger partial charge in [0.15, 0.2) is 0 Å². The molecule has 0 amide bonds. The highest BCUT2D eigenvalue weighted by molar-refractivity contribution is 5.58. The van der Waals surface area contributed by atoms with Gasteiger partial charge in [0.2, 0.25) is 5.95 Å². The van der Waals surface area contributed by atoms with E-state index in [1.165, 1.54) is 5.56 Å². The van der Waals surface area contributed by atoms with Gasteiger partial charge >= 0.3 is 0 Å². The lowest BCUT2D eigenvalue weighted by molar-refractivity contribution is 0.414. The number of aryl methyl sites for hydroxylation is 1. The van der Waals surface area contributed by atoms with E-state index < -0.39 is 0 Å². The van der Waals surface area contributed by atoms with Crippen LogP contribution in [0.25, 0.3) is 0 Å². The number of rotatable bonds is 8. The van der Waals surface area contributed by atoms with Gasteiger partial charge in [-0.2, -0.15) is 4.98 Å². The van der Waals surface area contributed by atoms with Gasteiger partial charge in [-0.05, 0) is 55.3 Å². The van der Waals surface area contributed by atoms with Crippen molar-refractivity contribution in [3.8, 4) is 11.5 Å². The predicted octanol–water partition coefficient (Wildman–Crippen LogP) is 4.20. The van der Waals surface area contributed by atoms with Crippen molar-refractivity contribution in [1.82, 2.24) is 9.97 Å². The van der Waals surface area contributed by atoms with Crippen LogP contribution in [0.2, 0.25) is 0 Å². The quantitative estimate of drug-likeness (QED) is 0.624. The standard InChI is InChI=1S/C21H24N4O2/c1-15-14-20(24-17-6-10-19(27-3)11-7-17)25-21(23-15)22-13-12-16-4-8-18(26-2)9-5-16/h4-11,14H,12-13H2,1-3H3,(H2,22,23,24,25). The molecule has 6 nitrogen and oxygen atoms in total. The SMILES string of the molecule is COc1ccc(CCNc2nc(C)cc(Nc3ccc(OC)cc3)n2)cc1. The lowest BCUT2D eigenvalue weighted by Gasteiger charge is -2.10. The first-order chi connectivity index (χ1) is 13.2. The Hall–Kier alpha value is -3.28. The molecular formula is C21H24N4O2. The van der Waals surface area contributed by atoms with Gasteiger partial charge < -0.3 is 20.1 Å². The largest absolute Gasteiger partial charge is 0.497 e. The molecule has 1 aromatic heterocycles. The summed E-state index contributed by atoms with van der Waals surface area (Å²) in [4.78, 5) is 9.00. The van der Waals surface area contributed by atoms with Crippen molar-refractivity contribution in [2.45, 2.75) is 13.3 Å². The molecule has 2 N–H and O–H groups in total. The third kappa shape index (κ3) is 5.34. The summed E-state index contributed by atoms with van der Waals surface area (Å²) in [5.41, 5.74) is 3.07. The molecule has 3 aromatic rings. The molecule has 0 fully saturated rings. The highest BCUT2D eigenvalue weighted by Crippen LogP contribution is 2.20. The Bertz CT molecular complexity index is 864. The number of anilines is 3. The van der Waals surface area contributed by atoms with Crippen molar-refractivity contribution in [1.29, 1.82) is 0 Å². The third-order valence-electron chi connectivity index (χ3n) is 4.07. The smallest absolute Gasteiger partial charge is 0.224 e. The molecule has 0 aliphatic carbocycles. The third-order valence-corrected chi connectivity index (χ3v) is 4.07. The van der Waals surface area contributed by atoms with Crippen LogP contribution in [0.15, 0.2) is 54.6 Å². The van der Waals surface area contributed by atoms with Gasteiger partial charge in [-0.25, -0.2) is 4.98 Å². The number of nitrogens with one attached hydrogen (secondary N) is 2. The molecule has 0 saturated carbocycles. The maximum atomic E-state index is 5.18. The molecule has 0 atom stereocenters. The van der Waals surface area contributed by atoms with Crippen LogP contribution in [0.5, 0.6) is 11.5 Å². The summed E-state index contributed by atoms with van der Waals surface area (Å²) in [6, 6.07) is 17.7. The number of methoxy groups -OCH3 is 2. The highest BCUT2D eigenvalue weighted by atomic mass is 16.5. The van der Waals surface area contributed by atoms with E-state index >= 15 is 0 Å². The number of benzene rings is 2.